The summed E-state index contributed by atoms with van der Waals surface area (Å²) >= 11 is 1.38. The molecule has 4 aromatic rings. The molecule has 1 aliphatic rings. The lowest BCUT2D eigenvalue weighted by Gasteiger charge is -2.08. The maximum absolute atomic E-state index is 12.6. The number of nitrogens with one attached hydrogen (secondary N) is 2. The second-order valence-electron chi connectivity index (χ2n) is 7.47. The van der Waals surface area contributed by atoms with Crippen molar-refractivity contribution in [1.29, 1.82) is 0 Å². The van der Waals surface area contributed by atoms with Gasteiger partial charge in [0.25, 0.3) is 5.91 Å². The molecule has 0 bridgehead atoms. The van der Waals surface area contributed by atoms with Crippen LogP contribution in [0.4, 0.5) is 11.4 Å². The summed E-state index contributed by atoms with van der Waals surface area (Å²) in [6.07, 6.45) is 5.28. The second-order valence-corrected chi connectivity index (χ2v) is 8.42. The number of thiophene rings is 1. The van der Waals surface area contributed by atoms with Gasteiger partial charge in [0.15, 0.2) is 0 Å². The Morgan fingerprint density at radius 1 is 0.967 bits per heavy atom. The monoisotopic (exact) mass is 416 g/mol. The molecule has 2 aromatic heterocycles. The first kappa shape index (κ1) is 18.6. The molecule has 5 nitrogen and oxygen atoms in total. The SMILES string of the molecule is O=C(Cc1coc2cc3c(cc12)CCC3)Nc1cccc(NC(=O)c2cccs2)c1. The Balaban J connectivity index is 1.28. The number of amides is 2. The quantitative estimate of drug-likeness (QED) is 0.457. The van der Waals surface area contributed by atoms with E-state index in [1.807, 2.05) is 11.4 Å². The fraction of sp³-hybridized carbons (Fsp3) is 0.167. The number of hydrogen-bond donors (Lipinski definition) is 2. The van der Waals surface area contributed by atoms with E-state index in [4.69, 9.17) is 4.42 Å². The average molecular weight is 417 g/mol. The van der Waals surface area contributed by atoms with Crippen molar-refractivity contribution in [1.82, 2.24) is 0 Å². The van der Waals surface area contributed by atoms with Crippen molar-refractivity contribution in [3.8, 4) is 0 Å². The van der Waals surface area contributed by atoms with Crippen molar-refractivity contribution in [2.75, 3.05) is 10.6 Å². The van der Waals surface area contributed by atoms with Crippen LogP contribution in [0.25, 0.3) is 11.0 Å². The lowest BCUT2D eigenvalue weighted by atomic mass is 10.0. The van der Waals surface area contributed by atoms with Gasteiger partial charge in [-0.2, -0.15) is 0 Å². The van der Waals surface area contributed by atoms with Crippen molar-refractivity contribution in [2.45, 2.75) is 25.7 Å². The molecule has 2 amide bonds. The Kier molecular flexibility index (Phi) is 4.85. The van der Waals surface area contributed by atoms with Crippen molar-refractivity contribution in [3.05, 3.63) is 81.7 Å². The molecule has 1 aliphatic carbocycles. The summed E-state index contributed by atoms with van der Waals surface area (Å²) in [5, 5.41) is 8.65. The van der Waals surface area contributed by atoms with Crippen molar-refractivity contribution < 1.29 is 14.0 Å². The Morgan fingerprint density at radius 2 is 1.77 bits per heavy atom. The number of fused-ring (bicyclic) bond motifs is 2. The van der Waals surface area contributed by atoms with Crippen LogP contribution in [0, 0.1) is 0 Å². The standard InChI is InChI=1S/C24H20N2O3S/c27-23(12-17-14-29-21-11-16-5-1-4-15(16)10-20(17)21)25-18-6-2-7-19(13-18)26-24(28)22-8-3-9-30-22/h2-3,6-11,13-14H,1,4-5,12H2,(H,25,27)(H,26,28). The first-order valence-corrected chi connectivity index (χ1v) is 10.8. The van der Waals surface area contributed by atoms with E-state index in [1.54, 1.807) is 36.6 Å². The molecule has 0 saturated heterocycles. The van der Waals surface area contributed by atoms with E-state index in [0.717, 1.165) is 29.4 Å². The number of furan rings is 1. The molecule has 2 N–H and O–H groups in total. The fourth-order valence-corrected chi connectivity index (χ4v) is 4.56. The third kappa shape index (κ3) is 3.74. The lowest BCUT2D eigenvalue weighted by Crippen LogP contribution is -2.15. The Morgan fingerprint density at radius 3 is 2.57 bits per heavy atom. The van der Waals surface area contributed by atoms with Gasteiger partial charge in [-0.25, -0.2) is 0 Å². The van der Waals surface area contributed by atoms with Gasteiger partial charge in [-0.1, -0.05) is 12.1 Å². The molecule has 30 heavy (non-hydrogen) atoms. The zero-order valence-corrected chi connectivity index (χ0v) is 17.1. The van der Waals surface area contributed by atoms with Gasteiger partial charge in [0.2, 0.25) is 5.91 Å². The van der Waals surface area contributed by atoms with Gasteiger partial charge >= 0.3 is 0 Å². The van der Waals surface area contributed by atoms with E-state index in [-0.39, 0.29) is 18.2 Å². The highest BCUT2D eigenvalue weighted by atomic mass is 32.1. The summed E-state index contributed by atoms with van der Waals surface area (Å²) in [5.41, 5.74) is 5.72. The normalized spacial score (nSPS) is 12.7. The number of carbonyl (C=O) groups is 2. The summed E-state index contributed by atoms with van der Waals surface area (Å²) in [6, 6.07) is 15.0. The molecule has 6 heteroatoms. The van der Waals surface area contributed by atoms with Crippen LogP contribution in [0.2, 0.25) is 0 Å². The summed E-state index contributed by atoms with van der Waals surface area (Å²) in [5.74, 6) is -0.286. The lowest BCUT2D eigenvalue weighted by molar-refractivity contribution is -0.115. The van der Waals surface area contributed by atoms with E-state index in [9.17, 15) is 9.59 Å². The molecular weight excluding hydrogens is 396 g/mol. The fourth-order valence-electron chi connectivity index (χ4n) is 3.94. The molecule has 0 radical (unpaired) electrons. The Bertz CT molecular complexity index is 1240. The zero-order valence-electron chi connectivity index (χ0n) is 16.2. The largest absolute Gasteiger partial charge is 0.464 e. The average Bonchev–Trinajstić information content (AvgIpc) is 3.48. The summed E-state index contributed by atoms with van der Waals surface area (Å²) in [6.45, 7) is 0. The molecular formula is C24H20N2O3S. The predicted molar refractivity (Wildman–Crippen MR) is 119 cm³/mol. The minimum atomic E-state index is -0.161. The van der Waals surface area contributed by atoms with Crippen molar-refractivity contribution >= 4 is 45.5 Å². The maximum atomic E-state index is 12.6. The van der Waals surface area contributed by atoms with E-state index >= 15 is 0 Å². The summed E-state index contributed by atoms with van der Waals surface area (Å²) in [4.78, 5) is 25.5. The third-order valence-corrected chi connectivity index (χ3v) is 6.24. The van der Waals surface area contributed by atoms with Crippen LogP contribution in [-0.4, -0.2) is 11.8 Å². The third-order valence-electron chi connectivity index (χ3n) is 5.37. The van der Waals surface area contributed by atoms with Crippen molar-refractivity contribution in [2.24, 2.45) is 0 Å². The van der Waals surface area contributed by atoms with Crippen LogP contribution in [0.5, 0.6) is 0 Å². The van der Waals surface area contributed by atoms with Gasteiger partial charge < -0.3 is 15.1 Å². The van der Waals surface area contributed by atoms with E-state index in [2.05, 4.69) is 22.8 Å². The topological polar surface area (TPSA) is 71.3 Å². The first-order valence-electron chi connectivity index (χ1n) is 9.92. The smallest absolute Gasteiger partial charge is 0.265 e. The second kappa shape index (κ2) is 7.80. The highest BCUT2D eigenvalue weighted by molar-refractivity contribution is 7.12. The van der Waals surface area contributed by atoms with Crippen molar-refractivity contribution in [3.63, 3.8) is 0 Å². The molecule has 0 saturated carbocycles. The predicted octanol–water partition coefficient (Wildman–Crippen LogP) is 5.42. The first-order chi connectivity index (χ1) is 14.7. The van der Waals surface area contributed by atoms with Crippen LogP contribution < -0.4 is 10.6 Å². The van der Waals surface area contributed by atoms with Gasteiger partial charge in [0.1, 0.15) is 5.58 Å². The molecule has 2 heterocycles. The molecule has 0 spiro atoms. The van der Waals surface area contributed by atoms with Crippen LogP contribution in [0.3, 0.4) is 0 Å². The number of aryl methyl sites for hydroxylation is 2. The molecule has 0 aliphatic heterocycles. The number of rotatable bonds is 5. The van der Waals surface area contributed by atoms with Gasteiger partial charge in [-0.15, -0.1) is 11.3 Å². The van der Waals surface area contributed by atoms with Crippen LogP contribution in [0.1, 0.15) is 32.8 Å². The van der Waals surface area contributed by atoms with Gasteiger partial charge in [0, 0.05) is 22.3 Å². The highest BCUT2D eigenvalue weighted by Crippen LogP contribution is 2.30. The maximum Gasteiger partial charge on any atom is 0.265 e. The van der Waals surface area contributed by atoms with E-state index in [1.165, 1.54) is 28.9 Å². The highest BCUT2D eigenvalue weighted by Gasteiger charge is 2.17. The molecule has 150 valence electrons. The van der Waals surface area contributed by atoms with Gasteiger partial charge in [0.05, 0.1) is 17.6 Å². The van der Waals surface area contributed by atoms with E-state index < -0.39 is 0 Å². The molecule has 0 unspecified atom stereocenters. The van der Waals surface area contributed by atoms with Crippen LogP contribution >= 0.6 is 11.3 Å². The minimum Gasteiger partial charge on any atom is -0.464 e. The zero-order chi connectivity index (χ0) is 20.5. The molecule has 2 aromatic carbocycles. The summed E-state index contributed by atoms with van der Waals surface area (Å²) in [7, 11) is 0. The van der Waals surface area contributed by atoms with Crippen LogP contribution in [0.15, 0.2) is 64.6 Å². The minimum absolute atomic E-state index is 0.125. The van der Waals surface area contributed by atoms with Crippen LogP contribution in [-0.2, 0) is 24.1 Å². The Labute approximate surface area is 177 Å². The molecule has 5 rings (SSSR count). The van der Waals surface area contributed by atoms with Gasteiger partial charge in [-0.3, -0.25) is 9.59 Å². The number of anilines is 2. The summed E-state index contributed by atoms with van der Waals surface area (Å²) < 4.78 is 5.70. The number of hydrogen-bond acceptors (Lipinski definition) is 4. The van der Waals surface area contributed by atoms with Gasteiger partial charge in [-0.05, 0) is 72.2 Å². The number of carbonyl (C=O) groups excluding carboxylic acids is 2. The van der Waals surface area contributed by atoms with E-state index in [0.29, 0.717) is 16.3 Å². The molecule has 0 atom stereocenters. The Hall–Kier alpha value is -3.38. The molecule has 0 fully saturated rings. The number of benzene rings is 2.